The fraction of sp³-hybridized carbons (Fsp3) is 0.381. The number of sulfone groups is 1. The Labute approximate surface area is 193 Å². The summed E-state index contributed by atoms with van der Waals surface area (Å²) >= 11 is 0. The molecule has 1 heterocycles. The second-order valence-electron chi connectivity index (χ2n) is 7.79. The number of halogens is 3. The van der Waals surface area contributed by atoms with Crippen LogP contribution in [0.4, 0.5) is 13.2 Å². The lowest BCUT2D eigenvalue weighted by molar-refractivity contribution is -0.274. The first-order chi connectivity index (χ1) is 15.8. The molecule has 0 bridgehead atoms. The van der Waals surface area contributed by atoms with Gasteiger partial charge in [0.15, 0.2) is 15.6 Å². The van der Waals surface area contributed by atoms with Gasteiger partial charge in [0.25, 0.3) is 0 Å². The third-order valence-electron chi connectivity index (χ3n) is 4.77. The van der Waals surface area contributed by atoms with Gasteiger partial charge in [0.05, 0.1) is 17.3 Å². The monoisotopic (exact) mass is 505 g/mol. The van der Waals surface area contributed by atoms with Gasteiger partial charge in [-0.05, 0) is 62.4 Å². The van der Waals surface area contributed by atoms with Gasteiger partial charge in [-0.15, -0.1) is 13.2 Å². The normalized spacial score (nSPS) is 18.8. The maximum Gasteiger partial charge on any atom is 0.573 e. The molecule has 1 fully saturated rings. The minimum absolute atomic E-state index is 0.0162. The second-order valence-corrected chi connectivity index (χ2v) is 9.83. The summed E-state index contributed by atoms with van der Waals surface area (Å²) in [4.78, 5) is 11.0. The first-order valence-corrected chi connectivity index (χ1v) is 11.5. The molecule has 1 N–H and O–H groups in total. The van der Waals surface area contributed by atoms with Crippen LogP contribution in [-0.2, 0) is 24.1 Å². The zero-order valence-electron chi connectivity index (χ0n) is 18.1. The molecule has 1 aliphatic heterocycles. The summed E-state index contributed by atoms with van der Waals surface area (Å²) in [6.07, 6.45) is -5.59. The van der Waals surface area contributed by atoms with Gasteiger partial charge in [-0.1, -0.05) is 0 Å². The second kappa shape index (κ2) is 9.78. The van der Waals surface area contributed by atoms with Crippen molar-refractivity contribution in [3.05, 3.63) is 48.5 Å². The van der Waals surface area contributed by atoms with Crippen LogP contribution in [0.2, 0.25) is 0 Å². The maximum atomic E-state index is 12.9. The van der Waals surface area contributed by atoms with E-state index >= 15 is 0 Å². The summed E-state index contributed by atoms with van der Waals surface area (Å²) in [6.45, 7) is 3.23. The number of hydrogen-bond donors (Lipinski definition) is 1. The van der Waals surface area contributed by atoms with Crippen LogP contribution in [0.15, 0.2) is 53.4 Å². The molecular weight excluding hydrogens is 483 g/mol. The Kier molecular flexibility index (Phi) is 7.41. The third-order valence-corrected chi connectivity index (χ3v) is 6.54. The Morgan fingerprint density at radius 3 is 2.12 bits per heavy atom. The topological polar surface area (TPSA) is 112 Å². The van der Waals surface area contributed by atoms with Gasteiger partial charge < -0.3 is 18.9 Å². The lowest BCUT2D eigenvalue weighted by Gasteiger charge is -2.27. The Morgan fingerprint density at radius 1 is 1.12 bits per heavy atom. The van der Waals surface area contributed by atoms with E-state index < -0.39 is 45.6 Å². The van der Waals surface area contributed by atoms with Crippen LogP contribution in [0.1, 0.15) is 13.8 Å². The van der Waals surface area contributed by atoms with E-state index in [0.29, 0.717) is 0 Å². The Bertz CT molecular complexity index is 1090. The Morgan fingerprint density at radius 2 is 1.65 bits per heavy atom. The Balaban J connectivity index is 1.69. The molecule has 186 valence electrons. The van der Waals surface area contributed by atoms with Crippen molar-refractivity contribution in [1.29, 1.82) is 0 Å². The van der Waals surface area contributed by atoms with E-state index in [2.05, 4.69) is 4.74 Å². The van der Waals surface area contributed by atoms with Gasteiger partial charge in [0, 0.05) is 0 Å². The smallest absolute Gasteiger partial charge is 0.457 e. The zero-order chi connectivity index (χ0) is 25.1. The molecule has 0 aromatic heterocycles. The molecular formula is C21H22F3NO8S. The standard InChI is InChI=1S/C21H22F3NO8S/c1-20(2)30-11-19(33-20)18(25(27)13-26)12-34(28,29)17-9-7-15(8-10-17)31-14-3-5-16(6-4-14)32-21(22,23)24/h3-10,13,18-19,27H,11-12H2,1-2H3/t18-,19?/m1/s1. The zero-order valence-corrected chi connectivity index (χ0v) is 18.9. The maximum absolute atomic E-state index is 12.9. The largest absolute Gasteiger partial charge is 0.573 e. The highest BCUT2D eigenvalue weighted by Crippen LogP contribution is 2.30. The fourth-order valence-electron chi connectivity index (χ4n) is 3.22. The molecule has 2 atom stereocenters. The lowest BCUT2D eigenvalue weighted by Crippen LogP contribution is -2.47. The summed E-state index contributed by atoms with van der Waals surface area (Å²) in [5, 5.41) is 10.2. The quantitative estimate of drug-likeness (QED) is 0.313. The van der Waals surface area contributed by atoms with Crippen molar-refractivity contribution >= 4 is 16.2 Å². The predicted octanol–water partition coefficient (Wildman–Crippen LogP) is 3.52. The number of carbonyl (C=O) groups excluding carboxylic acids is 1. The van der Waals surface area contributed by atoms with Gasteiger partial charge >= 0.3 is 6.36 Å². The summed E-state index contributed by atoms with van der Waals surface area (Å²) < 4.78 is 82.8. The molecule has 1 amide bonds. The number of nitrogens with zero attached hydrogens (tertiary/aromatic N) is 1. The molecule has 0 spiro atoms. The molecule has 1 saturated heterocycles. The van der Waals surface area contributed by atoms with E-state index in [0.717, 1.165) is 12.1 Å². The van der Waals surface area contributed by atoms with E-state index in [-0.39, 0.29) is 34.5 Å². The van der Waals surface area contributed by atoms with E-state index in [4.69, 9.17) is 14.2 Å². The molecule has 2 aromatic carbocycles. The first-order valence-electron chi connectivity index (χ1n) is 9.89. The molecule has 13 heteroatoms. The molecule has 0 aliphatic carbocycles. The summed E-state index contributed by atoms with van der Waals surface area (Å²) in [5.74, 6) is -1.61. The molecule has 0 radical (unpaired) electrons. The summed E-state index contributed by atoms with van der Waals surface area (Å²) in [7, 11) is -3.98. The van der Waals surface area contributed by atoms with E-state index in [1.54, 1.807) is 13.8 Å². The molecule has 1 unspecified atom stereocenters. The van der Waals surface area contributed by atoms with E-state index in [9.17, 15) is 31.6 Å². The van der Waals surface area contributed by atoms with Crippen molar-refractivity contribution in [1.82, 2.24) is 5.06 Å². The number of rotatable bonds is 9. The number of hydrogen-bond acceptors (Lipinski definition) is 8. The third kappa shape index (κ3) is 6.82. The average molecular weight is 505 g/mol. The van der Waals surface area contributed by atoms with Gasteiger partial charge in [-0.2, -0.15) is 0 Å². The Hall–Kier alpha value is -2.87. The molecule has 9 nitrogen and oxygen atoms in total. The number of benzene rings is 2. The first kappa shape index (κ1) is 25.7. The van der Waals surface area contributed by atoms with Crippen molar-refractivity contribution in [3.8, 4) is 17.2 Å². The van der Waals surface area contributed by atoms with E-state index in [1.165, 1.54) is 36.4 Å². The fourth-order valence-corrected chi connectivity index (χ4v) is 4.78. The summed E-state index contributed by atoms with van der Waals surface area (Å²) in [5.41, 5.74) is 0. The van der Waals surface area contributed by atoms with Crippen molar-refractivity contribution in [3.63, 3.8) is 0 Å². The highest BCUT2D eigenvalue weighted by molar-refractivity contribution is 7.91. The average Bonchev–Trinajstić information content (AvgIpc) is 3.11. The van der Waals surface area contributed by atoms with Crippen LogP contribution >= 0.6 is 0 Å². The van der Waals surface area contributed by atoms with Crippen LogP contribution < -0.4 is 9.47 Å². The molecule has 2 aromatic rings. The number of carbonyl (C=O) groups is 1. The lowest BCUT2D eigenvalue weighted by atomic mass is 10.2. The van der Waals surface area contributed by atoms with Crippen LogP contribution in [-0.4, -0.2) is 61.8 Å². The number of alkyl halides is 3. The van der Waals surface area contributed by atoms with Gasteiger partial charge in [-0.3, -0.25) is 10.0 Å². The van der Waals surface area contributed by atoms with Gasteiger partial charge in [0.2, 0.25) is 6.41 Å². The highest BCUT2D eigenvalue weighted by Gasteiger charge is 2.42. The van der Waals surface area contributed by atoms with Gasteiger partial charge in [0.1, 0.15) is 29.4 Å². The van der Waals surface area contributed by atoms with Crippen molar-refractivity contribution < 1.29 is 50.5 Å². The molecule has 0 saturated carbocycles. The van der Waals surface area contributed by atoms with Crippen LogP contribution in [0.25, 0.3) is 0 Å². The highest BCUT2D eigenvalue weighted by atomic mass is 32.2. The van der Waals surface area contributed by atoms with Gasteiger partial charge in [-0.25, -0.2) is 13.5 Å². The van der Waals surface area contributed by atoms with Crippen LogP contribution in [0.3, 0.4) is 0 Å². The number of hydroxylamine groups is 2. The summed E-state index contributed by atoms with van der Waals surface area (Å²) in [6, 6.07) is 8.71. The van der Waals surface area contributed by atoms with E-state index in [1.807, 2.05) is 0 Å². The predicted molar refractivity (Wildman–Crippen MR) is 110 cm³/mol. The van der Waals surface area contributed by atoms with Crippen LogP contribution in [0, 0.1) is 0 Å². The SMILES string of the molecule is CC1(C)OCC([C@@H](CS(=O)(=O)c2ccc(Oc3ccc(OC(F)(F)F)cc3)cc2)N(O)C=O)O1. The van der Waals surface area contributed by atoms with Crippen LogP contribution in [0.5, 0.6) is 17.2 Å². The molecule has 1 aliphatic rings. The minimum Gasteiger partial charge on any atom is -0.457 e. The molecule has 3 rings (SSSR count). The van der Waals surface area contributed by atoms with Crippen molar-refractivity contribution in [2.45, 2.75) is 43.0 Å². The minimum atomic E-state index is -4.81. The number of amides is 1. The molecule has 34 heavy (non-hydrogen) atoms. The van der Waals surface area contributed by atoms with Crippen molar-refractivity contribution in [2.24, 2.45) is 0 Å². The van der Waals surface area contributed by atoms with Crippen molar-refractivity contribution in [2.75, 3.05) is 12.4 Å². The number of ether oxygens (including phenoxy) is 4.